The van der Waals surface area contributed by atoms with Gasteiger partial charge in [-0.3, -0.25) is 4.79 Å². The molecule has 1 amide bonds. The molecule has 0 saturated heterocycles. The van der Waals surface area contributed by atoms with Gasteiger partial charge in [-0.25, -0.2) is 13.2 Å². The number of carbonyl (C=O) groups excluding carboxylic acids is 1. The van der Waals surface area contributed by atoms with Crippen molar-refractivity contribution in [3.8, 4) is 11.5 Å². The minimum absolute atomic E-state index is 0.0257. The normalized spacial score (nSPS) is 12.6. The van der Waals surface area contributed by atoms with Gasteiger partial charge in [0, 0.05) is 11.6 Å². The first-order valence-corrected chi connectivity index (χ1v) is 12.0. The first-order chi connectivity index (χ1) is 15.4. The lowest BCUT2D eigenvalue weighted by molar-refractivity contribution is -0.139. The molecule has 0 radical (unpaired) electrons. The van der Waals surface area contributed by atoms with Crippen LogP contribution in [0.1, 0.15) is 33.6 Å². The number of aliphatic carboxylic acids is 1. The number of benzene rings is 2. The molecule has 0 aliphatic rings. The Hall–Kier alpha value is -2.82. The highest BCUT2D eigenvalue weighted by atomic mass is 35.5. The van der Waals surface area contributed by atoms with Gasteiger partial charge in [0.05, 0.1) is 4.90 Å². The number of hydrogen-bond acceptors (Lipinski definition) is 6. The van der Waals surface area contributed by atoms with Crippen LogP contribution >= 0.6 is 11.6 Å². The maximum atomic E-state index is 12.6. The maximum Gasteiger partial charge on any atom is 0.407 e. The SMILES string of the molecule is CC(C)(C)OC(=O)NCCC[C@H](NS(=O)(=O)c1ccc(Oc2ccc(Cl)cc2)cc1)C(=O)O. The number of carbonyl (C=O) groups is 2. The molecule has 3 N–H and O–H groups in total. The summed E-state index contributed by atoms with van der Waals surface area (Å²) in [5, 5.41) is 12.5. The lowest BCUT2D eigenvalue weighted by atomic mass is 10.2. The van der Waals surface area contributed by atoms with Crippen LogP contribution in [0.5, 0.6) is 11.5 Å². The van der Waals surface area contributed by atoms with Gasteiger partial charge in [-0.1, -0.05) is 11.6 Å². The zero-order valence-electron chi connectivity index (χ0n) is 18.5. The molecule has 11 heteroatoms. The number of alkyl carbamates (subject to hydrolysis) is 1. The van der Waals surface area contributed by atoms with Crippen LogP contribution in [-0.2, 0) is 19.6 Å². The summed E-state index contributed by atoms with van der Waals surface area (Å²) >= 11 is 5.83. The fourth-order valence-corrected chi connectivity index (χ4v) is 3.97. The molecule has 0 aliphatic heterocycles. The van der Waals surface area contributed by atoms with Crippen molar-refractivity contribution in [3.63, 3.8) is 0 Å². The van der Waals surface area contributed by atoms with Crippen molar-refractivity contribution in [1.29, 1.82) is 0 Å². The summed E-state index contributed by atoms with van der Waals surface area (Å²) in [4.78, 5) is 23.1. The standard InChI is InChI=1S/C22H27ClN2O7S/c1-22(2,3)32-21(28)24-14-4-5-19(20(26)27)25-33(29,30)18-12-10-17(11-13-18)31-16-8-6-15(23)7-9-16/h6-13,19,25H,4-5,14H2,1-3H3,(H,24,28)(H,26,27)/t19-/m0/s1. The number of ether oxygens (including phenoxy) is 2. The van der Waals surface area contributed by atoms with Crippen molar-refractivity contribution < 1.29 is 32.6 Å². The average Bonchev–Trinajstić information content (AvgIpc) is 2.71. The van der Waals surface area contributed by atoms with Crippen LogP contribution in [-0.4, -0.2) is 43.8 Å². The molecule has 0 heterocycles. The number of carboxylic acids is 1. The van der Waals surface area contributed by atoms with Gasteiger partial charge >= 0.3 is 12.1 Å². The van der Waals surface area contributed by atoms with Crippen LogP contribution in [0.15, 0.2) is 53.4 Å². The first kappa shape index (κ1) is 26.4. The summed E-state index contributed by atoms with van der Waals surface area (Å²) in [6, 6.07) is 10.9. The smallest absolute Gasteiger partial charge is 0.407 e. The van der Waals surface area contributed by atoms with Crippen molar-refractivity contribution in [2.45, 2.75) is 50.2 Å². The third-order valence-electron chi connectivity index (χ3n) is 4.12. The Balaban J connectivity index is 1.93. The van der Waals surface area contributed by atoms with Gasteiger partial charge in [-0.2, -0.15) is 4.72 Å². The fourth-order valence-electron chi connectivity index (χ4n) is 2.62. The molecule has 0 aliphatic carbocycles. The van der Waals surface area contributed by atoms with Gasteiger partial charge < -0.3 is 19.9 Å². The minimum Gasteiger partial charge on any atom is -0.480 e. The summed E-state index contributed by atoms with van der Waals surface area (Å²) in [6.45, 7) is 5.30. The van der Waals surface area contributed by atoms with E-state index in [-0.39, 0.29) is 24.3 Å². The van der Waals surface area contributed by atoms with E-state index in [0.29, 0.717) is 16.5 Å². The molecule has 2 rings (SSSR count). The molecular formula is C22H27ClN2O7S. The Morgan fingerprint density at radius 2 is 1.58 bits per heavy atom. The van der Waals surface area contributed by atoms with Crippen LogP contribution in [0.4, 0.5) is 4.79 Å². The topological polar surface area (TPSA) is 131 Å². The number of hydrogen-bond donors (Lipinski definition) is 3. The Morgan fingerprint density at radius 1 is 1.03 bits per heavy atom. The Labute approximate surface area is 198 Å². The fraction of sp³-hybridized carbons (Fsp3) is 0.364. The zero-order chi connectivity index (χ0) is 24.6. The van der Waals surface area contributed by atoms with Crippen molar-refractivity contribution in [2.75, 3.05) is 6.54 Å². The molecule has 2 aromatic carbocycles. The van der Waals surface area contributed by atoms with E-state index in [9.17, 15) is 23.1 Å². The van der Waals surface area contributed by atoms with Gasteiger partial charge in [0.2, 0.25) is 10.0 Å². The van der Waals surface area contributed by atoms with Crippen LogP contribution in [0.3, 0.4) is 0 Å². The van der Waals surface area contributed by atoms with E-state index in [1.165, 1.54) is 24.3 Å². The molecule has 0 saturated carbocycles. The van der Waals surface area contributed by atoms with E-state index < -0.39 is 33.7 Å². The molecule has 0 fully saturated rings. The van der Waals surface area contributed by atoms with Gasteiger partial charge in [0.15, 0.2) is 0 Å². The molecule has 9 nitrogen and oxygen atoms in total. The molecule has 0 aromatic heterocycles. The number of amides is 1. The zero-order valence-corrected chi connectivity index (χ0v) is 20.1. The summed E-state index contributed by atoms with van der Waals surface area (Å²) in [5.74, 6) is -0.392. The number of carboxylic acid groups (broad SMARTS) is 1. The second-order valence-corrected chi connectivity index (χ2v) is 10.3. The van der Waals surface area contributed by atoms with Crippen LogP contribution < -0.4 is 14.8 Å². The van der Waals surface area contributed by atoms with E-state index in [1.54, 1.807) is 45.0 Å². The van der Waals surface area contributed by atoms with Crippen LogP contribution in [0.25, 0.3) is 0 Å². The monoisotopic (exact) mass is 498 g/mol. The molecule has 0 bridgehead atoms. The predicted molar refractivity (Wildman–Crippen MR) is 123 cm³/mol. The van der Waals surface area contributed by atoms with Crippen LogP contribution in [0.2, 0.25) is 5.02 Å². The largest absolute Gasteiger partial charge is 0.480 e. The Bertz CT molecular complexity index is 1050. The van der Waals surface area contributed by atoms with E-state index in [1.807, 2.05) is 0 Å². The third-order valence-corrected chi connectivity index (χ3v) is 5.86. The van der Waals surface area contributed by atoms with Crippen LogP contribution in [0, 0.1) is 0 Å². The molecule has 180 valence electrons. The van der Waals surface area contributed by atoms with Crippen molar-refractivity contribution in [1.82, 2.24) is 10.0 Å². The van der Waals surface area contributed by atoms with Crippen molar-refractivity contribution in [3.05, 3.63) is 53.6 Å². The average molecular weight is 499 g/mol. The predicted octanol–water partition coefficient (Wildman–Crippen LogP) is 4.17. The quantitative estimate of drug-likeness (QED) is 0.419. The second-order valence-electron chi connectivity index (χ2n) is 8.11. The molecule has 1 atom stereocenters. The van der Waals surface area contributed by atoms with Gasteiger partial charge in [-0.15, -0.1) is 0 Å². The van der Waals surface area contributed by atoms with Gasteiger partial charge in [0.1, 0.15) is 23.1 Å². The lowest BCUT2D eigenvalue weighted by Gasteiger charge is -2.20. The summed E-state index contributed by atoms with van der Waals surface area (Å²) in [7, 11) is -4.09. The number of sulfonamides is 1. The molecular weight excluding hydrogens is 472 g/mol. The highest BCUT2D eigenvalue weighted by Crippen LogP contribution is 2.24. The highest BCUT2D eigenvalue weighted by Gasteiger charge is 2.25. The lowest BCUT2D eigenvalue weighted by Crippen LogP contribution is -2.41. The maximum absolute atomic E-state index is 12.6. The van der Waals surface area contributed by atoms with E-state index in [0.717, 1.165) is 0 Å². The summed E-state index contributed by atoms with van der Waals surface area (Å²) in [6.07, 6.45) is -0.426. The van der Waals surface area contributed by atoms with E-state index in [4.69, 9.17) is 21.1 Å². The Kier molecular flexibility index (Phi) is 9.09. The van der Waals surface area contributed by atoms with Crippen molar-refractivity contribution in [2.24, 2.45) is 0 Å². The van der Waals surface area contributed by atoms with Gasteiger partial charge in [0.25, 0.3) is 0 Å². The number of halogens is 1. The molecule has 0 spiro atoms. The second kappa shape index (κ2) is 11.4. The highest BCUT2D eigenvalue weighted by molar-refractivity contribution is 7.89. The first-order valence-electron chi connectivity index (χ1n) is 10.1. The van der Waals surface area contributed by atoms with Gasteiger partial charge in [-0.05, 0) is 82.1 Å². The molecule has 2 aromatic rings. The summed E-state index contributed by atoms with van der Waals surface area (Å²) < 4.78 is 38.2. The number of rotatable bonds is 10. The van der Waals surface area contributed by atoms with E-state index >= 15 is 0 Å². The third kappa shape index (κ3) is 9.29. The molecule has 33 heavy (non-hydrogen) atoms. The molecule has 0 unspecified atom stereocenters. The summed E-state index contributed by atoms with van der Waals surface area (Å²) in [5.41, 5.74) is -0.654. The van der Waals surface area contributed by atoms with E-state index in [2.05, 4.69) is 10.0 Å². The Morgan fingerprint density at radius 3 is 2.09 bits per heavy atom. The minimum atomic E-state index is -4.09. The number of nitrogens with one attached hydrogen (secondary N) is 2. The van der Waals surface area contributed by atoms with Crippen molar-refractivity contribution >= 4 is 33.7 Å².